The molecule has 1 aliphatic rings. The molecule has 1 amide bonds. The normalized spacial score (nSPS) is 19.9. The van der Waals surface area contributed by atoms with Gasteiger partial charge < -0.3 is 15.2 Å². The molecule has 1 aromatic heterocycles. The predicted molar refractivity (Wildman–Crippen MR) is 61.2 cm³/mol. The molecule has 0 saturated carbocycles. The van der Waals surface area contributed by atoms with Gasteiger partial charge in [0.2, 0.25) is 0 Å². The van der Waals surface area contributed by atoms with Gasteiger partial charge in [-0.15, -0.1) is 0 Å². The average Bonchev–Trinajstić information content (AvgIpc) is 2.88. The molecule has 1 aliphatic heterocycles. The molecule has 1 aromatic rings. The number of nitrogens with zero attached hydrogens (tertiary/aromatic N) is 2. The largest absolute Gasteiger partial charge is 0.351 e. The molecule has 0 bridgehead atoms. The Hall–Kier alpha value is -1.36. The average molecular weight is 222 g/mol. The zero-order chi connectivity index (χ0) is 11.4. The molecule has 88 valence electrons. The van der Waals surface area contributed by atoms with Crippen molar-refractivity contribution in [3.63, 3.8) is 0 Å². The topological polar surface area (TPSA) is 59.0 Å². The maximum absolute atomic E-state index is 11.7. The third-order valence-electron chi connectivity index (χ3n) is 2.99. The molecule has 1 unspecified atom stereocenters. The van der Waals surface area contributed by atoms with E-state index < -0.39 is 0 Å². The van der Waals surface area contributed by atoms with Crippen LogP contribution < -0.4 is 10.6 Å². The van der Waals surface area contributed by atoms with Crippen LogP contribution in [0, 0.1) is 0 Å². The minimum Gasteiger partial charge on any atom is -0.351 e. The SMILES string of the molecule is Cn1cncc1C(=O)NCCC1CCCN1. The monoisotopic (exact) mass is 222 g/mol. The van der Waals surface area contributed by atoms with Crippen LogP contribution in [0.2, 0.25) is 0 Å². The van der Waals surface area contributed by atoms with E-state index in [1.54, 1.807) is 17.1 Å². The van der Waals surface area contributed by atoms with E-state index in [1.165, 1.54) is 12.8 Å². The fraction of sp³-hybridized carbons (Fsp3) is 0.636. The lowest BCUT2D eigenvalue weighted by Crippen LogP contribution is -2.31. The number of aryl methyl sites for hydroxylation is 1. The summed E-state index contributed by atoms with van der Waals surface area (Å²) in [5, 5.41) is 6.32. The molecule has 2 N–H and O–H groups in total. The Morgan fingerprint density at radius 1 is 1.75 bits per heavy atom. The van der Waals surface area contributed by atoms with Crippen molar-refractivity contribution in [2.24, 2.45) is 7.05 Å². The molecule has 2 heterocycles. The van der Waals surface area contributed by atoms with E-state index in [4.69, 9.17) is 0 Å². The van der Waals surface area contributed by atoms with E-state index in [2.05, 4.69) is 15.6 Å². The van der Waals surface area contributed by atoms with E-state index >= 15 is 0 Å². The minimum atomic E-state index is -0.0435. The van der Waals surface area contributed by atoms with Crippen LogP contribution in [0.3, 0.4) is 0 Å². The van der Waals surface area contributed by atoms with Gasteiger partial charge in [0, 0.05) is 19.6 Å². The summed E-state index contributed by atoms with van der Waals surface area (Å²) in [7, 11) is 1.82. The molecule has 0 spiro atoms. The van der Waals surface area contributed by atoms with Crippen molar-refractivity contribution in [1.29, 1.82) is 0 Å². The van der Waals surface area contributed by atoms with Crippen molar-refractivity contribution in [3.8, 4) is 0 Å². The van der Waals surface area contributed by atoms with E-state index in [1.807, 2.05) is 7.05 Å². The number of nitrogens with one attached hydrogen (secondary N) is 2. The molecule has 5 nitrogen and oxygen atoms in total. The molecule has 5 heteroatoms. The Labute approximate surface area is 95.2 Å². The second-order valence-electron chi connectivity index (χ2n) is 4.23. The number of rotatable bonds is 4. The summed E-state index contributed by atoms with van der Waals surface area (Å²) in [5.74, 6) is -0.0435. The minimum absolute atomic E-state index is 0.0435. The molecule has 1 fully saturated rings. The number of hydrogen-bond acceptors (Lipinski definition) is 3. The molecule has 0 aromatic carbocycles. The zero-order valence-electron chi connectivity index (χ0n) is 9.57. The van der Waals surface area contributed by atoms with Crippen molar-refractivity contribution in [2.75, 3.05) is 13.1 Å². The molecule has 1 saturated heterocycles. The van der Waals surface area contributed by atoms with Gasteiger partial charge in [-0.2, -0.15) is 0 Å². The van der Waals surface area contributed by atoms with Gasteiger partial charge >= 0.3 is 0 Å². The zero-order valence-corrected chi connectivity index (χ0v) is 9.57. The fourth-order valence-electron chi connectivity index (χ4n) is 2.03. The third-order valence-corrected chi connectivity index (χ3v) is 2.99. The van der Waals surface area contributed by atoms with Gasteiger partial charge in [-0.1, -0.05) is 0 Å². The molecule has 2 rings (SSSR count). The van der Waals surface area contributed by atoms with Crippen LogP contribution in [0.15, 0.2) is 12.5 Å². The summed E-state index contributed by atoms with van der Waals surface area (Å²) >= 11 is 0. The van der Waals surface area contributed by atoms with Crippen molar-refractivity contribution in [3.05, 3.63) is 18.2 Å². The second kappa shape index (κ2) is 5.12. The van der Waals surface area contributed by atoms with Gasteiger partial charge in [0.25, 0.3) is 5.91 Å². The summed E-state index contributed by atoms with van der Waals surface area (Å²) in [6.45, 7) is 1.84. The molecule has 0 aliphatic carbocycles. The van der Waals surface area contributed by atoms with Crippen molar-refractivity contribution < 1.29 is 4.79 Å². The molecular weight excluding hydrogens is 204 g/mol. The first-order valence-electron chi connectivity index (χ1n) is 5.75. The number of carbonyl (C=O) groups is 1. The molecule has 1 atom stereocenters. The maximum atomic E-state index is 11.7. The summed E-state index contributed by atoms with van der Waals surface area (Å²) in [4.78, 5) is 15.6. The van der Waals surface area contributed by atoms with Gasteiger partial charge in [-0.25, -0.2) is 4.98 Å². The van der Waals surface area contributed by atoms with Gasteiger partial charge in [-0.3, -0.25) is 4.79 Å². The maximum Gasteiger partial charge on any atom is 0.269 e. The summed E-state index contributed by atoms with van der Waals surface area (Å²) in [6.07, 6.45) is 6.70. The van der Waals surface area contributed by atoms with Crippen LogP contribution in [0.5, 0.6) is 0 Å². The highest BCUT2D eigenvalue weighted by atomic mass is 16.1. The van der Waals surface area contributed by atoms with Crippen molar-refractivity contribution >= 4 is 5.91 Å². The lowest BCUT2D eigenvalue weighted by Gasteiger charge is -2.10. The number of carbonyl (C=O) groups excluding carboxylic acids is 1. The van der Waals surface area contributed by atoms with E-state index in [-0.39, 0.29) is 5.91 Å². The van der Waals surface area contributed by atoms with Gasteiger partial charge in [0.15, 0.2) is 0 Å². The van der Waals surface area contributed by atoms with Crippen molar-refractivity contribution in [2.45, 2.75) is 25.3 Å². The molecule has 0 radical (unpaired) electrons. The molecule has 16 heavy (non-hydrogen) atoms. The quantitative estimate of drug-likeness (QED) is 0.770. The predicted octanol–water partition coefficient (Wildman–Crippen LogP) is 0.292. The van der Waals surface area contributed by atoms with Crippen LogP contribution in [0.25, 0.3) is 0 Å². The third kappa shape index (κ3) is 2.61. The second-order valence-corrected chi connectivity index (χ2v) is 4.23. The highest BCUT2D eigenvalue weighted by Crippen LogP contribution is 2.07. The summed E-state index contributed by atoms with van der Waals surface area (Å²) in [5.41, 5.74) is 0.611. The smallest absolute Gasteiger partial charge is 0.269 e. The first-order valence-corrected chi connectivity index (χ1v) is 5.75. The van der Waals surface area contributed by atoms with Crippen LogP contribution >= 0.6 is 0 Å². The first kappa shape index (κ1) is 11.1. The van der Waals surface area contributed by atoms with Crippen molar-refractivity contribution in [1.82, 2.24) is 20.2 Å². The van der Waals surface area contributed by atoms with Crippen LogP contribution in [-0.2, 0) is 7.05 Å². The highest BCUT2D eigenvalue weighted by molar-refractivity contribution is 5.92. The lowest BCUT2D eigenvalue weighted by atomic mass is 10.1. The Balaban J connectivity index is 1.73. The van der Waals surface area contributed by atoms with Crippen LogP contribution in [-0.4, -0.2) is 34.6 Å². The van der Waals surface area contributed by atoms with E-state index in [9.17, 15) is 4.79 Å². The molecular formula is C11H18N4O. The number of amides is 1. The Bertz CT molecular complexity index is 355. The Morgan fingerprint density at radius 2 is 2.62 bits per heavy atom. The Morgan fingerprint density at radius 3 is 3.25 bits per heavy atom. The van der Waals surface area contributed by atoms with Crippen LogP contribution in [0.1, 0.15) is 29.8 Å². The standard InChI is InChI=1S/C11H18N4O/c1-15-8-12-7-10(15)11(16)14-6-4-9-3-2-5-13-9/h7-9,13H,2-6H2,1H3,(H,14,16). The summed E-state index contributed by atoms with van der Waals surface area (Å²) in [6, 6.07) is 0.576. The van der Waals surface area contributed by atoms with Gasteiger partial charge in [-0.05, 0) is 25.8 Å². The highest BCUT2D eigenvalue weighted by Gasteiger charge is 2.14. The van der Waals surface area contributed by atoms with E-state index in [0.29, 0.717) is 11.7 Å². The van der Waals surface area contributed by atoms with Gasteiger partial charge in [0.05, 0.1) is 12.5 Å². The number of imidazole rings is 1. The lowest BCUT2D eigenvalue weighted by molar-refractivity contribution is 0.0944. The number of hydrogen-bond donors (Lipinski definition) is 2. The summed E-state index contributed by atoms with van der Waals surface area (Å²) < 4.78 is 1.73. The fourth-order valence-corrected chi connectivity index (χ4v) is 2.03. The first-order chi connectivity index (χ1) is 7.77. The van der Waals surface area contributed by atoms with Crippen LogP contribution in [0.4, 0.5) is 0 Å². The van der Waals surface area contributed by atoms with Gasteiger partial charge in [0.1, 0.15) is 5.69 Å². The number of aromatic nitrogens is 2. The Kier molecular flexibility index (Phi) is 3.56. The van der Waals surface area contributed by atoms with E-state index in [0.717, 1.165) is 19.5 Å².